The normalized spacial score (nSPS) is 21.5. The Labute approximate surface area is 358 Å². The average Bonchev–Trinajstić information content (AvgIpc) is 3.85. The zero-order valence-electron chi connectivity index (χ0n) is 37.5. The molecule has 15 nitrogen and oxygen atoms in total. The SMILES string of the molecule is CC[C@H](C)[C@@H]([C@@H](CC(=O)N1CCC[C@H]1[C@H](OC)[C@@H](C)C(=O)N[C@@H](Cc1ccccc1)C(=O)OC)OC)N(C)C(=O)[C@@H](NC(=O)[C@]1(C)CCCN1C)C(C)C.O=C(O)C(F)(F)F. The highest BCUT2D eigenvalue weighted by Crippen LogP contribution is 2.31. The number of rotatable bonds is 19. The largest absolute Gasteiger partial charge is 0.490 e. The van der Waals surface area contributed by atoms with E-state index in [0.29, 0.717) is 13.0 Å². The Hall–Kier alpha value is -4.29. The van der Waals surface area contributed by atoms with Crippen LogP contribution in [0.5, 0.6) is 0 Å². The molecule has 346 valence electrons. The Bertz CT molecular complexity index is 1620. The van der Waals surface area contributed by atoms with Gasteiger partial charge in [-0.05, 0) is 63.6 Å². The Morgan fingerprint density at radius 2 is 1.57 bits per heavy atom. The Kier molecular flexibility index (Phi) is 20.6. The van der Waals surface area contributed by atoms with E-state index < -0.39 is 59.9 Å². The molecule has 1 aromatic carbocycles. The molecule has 0 spiro atoms. The highest BCUT2D eigenvalue weighted by Gasteiger charge is 2.46. The third-order valence-electron chi connectivity index (χ3n) is 12.3. The summed E-state index contributed by atoms with van der Waals surface area (Å²) in [7, 11) is 8.05. The number of amides is 4. The van der Waals surface area contributed by atoms with Crippen LogP contribution in [0.4, 0.5) is 13.2 Å². The van der Waals surface area contributed by atoms with Crippen LogP contribution >= 0.6 is 0 Å². The number of likely N-dealkylation sites (tertiary alicyclic amines) is 2. The van der Waals surface area contributed by atoms with E-state index in [4.69, 9.17) is 24.1 Å². The standard InChI is InChI=1S/C41H67N5O8.C2HF3O2/c1-12-27(4)35(45(8)38(49)34(26(2)3)43-40(51)41(6)21-17-22-44(41)7)32(52-9)25-33(47)46-23-16-20-31(46)36(53-10)28(5)37(48)42-30(39(50)54-11)24-29-18-14-13-15-19-29;3-2(4,5)1(6)7/h13-15,18-19,26-28,30-32,34-36H,12,16-17,20-25H2,1-11H3,(H,42,48)(H,43,51);(H,6,7)/t27-,28+,30-,31-,32+,34-,35-,36+,41-;/m0./s1. The zero-order valence-corrected chi connectivity index (χ0v) is 37.5. The first-order chi connectivity index (χ1) is 28.5. The molecule has 9 atom stereocenters. The van der Waals surface area contributed by atoms with Gasteiger partial charge >= 0.3 is 18.1 Å². The Morgan fingerprint density at radius 3 is 2.05 bits per heavy atom. The fraction of sp³-hybridized carbons (Fsp3) is 0.721. The van der Waals surface area contributed by atoms with Crippen LogP contribution in [-0.2, 0) is 49.4 Å². The Morgan fingerprint density at radius 1 is 0.967 bits per heavy atom. The number of carboxylic acids is 1. The van der Waals surface area contributed by atoms with Gasteiger partial charge in [0.15, 0.2) is 0 Å². The van der Waals surface area contributed by atoms with Gasteiger partial charge in [0.2, 0.25) is 23.6 Å². The summed E-state index contributed by atoms with van der Waals surface area (Å²) in [5, 5.41) is 13.1. The lowest BCUT2D eigenvalue weighted by molar-refractivity contribution is -0.192. The number of carbonyl (C=O) groups excluding carboxylic acids is 5. The molecule has 61 heavy (non-hydrogen) atoms. The minimum atomic E-state index is -5.08. The number of nitrogens with zero attached hydrogens (tertiary/aromatic N) is 3. The number of hydrogen-bond acceptors (Lipinski definition) is 10. The van der Waals surface area contributed by atoms with Crippen LogP contribution in [0, 0.1) is 17.8 Å². The fourth-order valence-electron chi connectivity index (χ4n) is 8.21. The molecule has 2 fully saturated rings. The molecule has 0 aromatic heterocycles. The van der Waals surface area contributed by atoms with Crippen molar-refractivity contribution >= 4 is 35.6 Å². The van der Waals surface area contributed by atoms with Crippen molar-refractivity contribution in [3.05, 3.63) is 35.9 Å². The summed E-state index contributed by atoms with van der Waals surface area (Å²) in [6, 6.07) is 6.91. The van der Waals surface area contributed by atoms with Crippen molar-refractivity contribution in [2.75, 3.05) is 48.5 Å². The molecule has 0 radical (unpaired) electrons. The maximum atomic E-state index is 14.3. The van der Waals surface area contributed by atoms with E-state index in [1.807, 2.05) is 76.9 Å². The van der Waals surface area contributed by atoms with Gasteiger partial charge in [0.05, 0.1) is 49.3 Å². The lowest BCUT2D eigenvalue weighted by Crippen LogP contribution is -2.61. The molecule has 0 bridgehead atoms. The van der Waals surface area contributed by atoms with Crippen molar-refractivity contribution in [2.24, 2.45) is 17.8 Å². The molecule has 0 saturated carbocycles. The summed E-state index contributed by atoms with van der Waals surface area (Å²) >= 11 is 0. The van der Waals surface area contributed by atoms with Gasteiger partial charge in [0.1, 0.15) is 12.1 Å². The quantitative estimate of drug-likeness (QED) is 0.171. The second-order valence-corrected chi connectivity index (χ2v) is 16.7. The van der Waals surface area contributed by atoms with Crippen LogP contribution in [0.1, 0.15) is 85.6 Å². The van der Waals surface area contributed by atoms with E-state index in [1.54, 1.807) is 30.9 Å². The van der Waals surface area contributed by atoms with Gasteiger partial charge in [-0.3, -0.25) is 24.1 Å². The topological polar surface area (TPSA) is 184 Å². The molecule has 3 rings (SSSR count). The summed E-state index contributed by atoms with van der Waals surface area (Å²) in [5.74, 6) is -5.11. The first-order valence-corrected chi connectivity index (χ1v) is 20.9. The van der Waals surface area contributed by atoms with Crippen LogP contribution in [0.25, 0.3) is 0 Å². The predicted octanol–water partition coefficient (Wildman–Crippen LogP) is 4.07. The summed E-state index contributed by atoms with van der Waals surface area (Å²) in [6.07, 6.45) is -2.33. The number of hydrogen-bond donors (Lipinski definition) is 3. The summed E-state index contributed by atoms with van der Waals surface area (Å²) < 4.78 is 48.7. The highest BCUT2D eigenvalue weighted by molar-refractivity contribution is 5.92. The molecular formula is C43H68F3N5O10. The summed E-state index contributed by atoms with van der Waals surface area (Å²) in [5.41, 5.74) is 0.197. The van der Waals surface area contributed by atoms with Gasteiger partial charge in [-0.25, -0.2) is 9.59 Å². The zero-order chi connectivity index (χ0) is 46.4. The minimum absolute atomic E-state index is 0.0136. The molecule has 2 aliphatic heterocycles. The number of carbonyl (C=O) groups is 6. The van der Waals surface area contributed by atoms with E-state index in [-0.39, 0.29) is 54.3 Å². The van der Waals surface area contributed by atoms with Crippen molar-refractivity contribution < 1.29 is 61.3 Å². The molecule has 0 unspecified atom stereocenters. The number of methoxy groups -OCH3 is 3. The molecular weight excluding hydrogens is 803 g/mol. The van der Waals surface area contributed by atoms with Crippen molar-refractivity contribution in [3.8, 4) is 0 Å². The van der Waals surface area contributed by atoms with Gasteiger partial charge in [-0.2, -0.15) is 13.2 Å². The van der Waals surface area contributed by atoms with Crippen molar-refractivity contribution in [3.63, 3.8) is 0 Å². The summed E-state index contributed by atoms with van der Waals surface area (Å²) in [6.45, 7) is 12.9. The number of benzene rings is 1. The molecule has 0 aliphatic carbocycles. The van der Waals surface area contributed by atoms with Crippen LogP contribution in [0.3, 0.4) is 0 Å². The molecule has 3 N–H and O–H groups in total. The van der Waals surface area contributed by atoms with Gasteiger partial charge in [0.25, 0.3) is 0 Å². The smallest absolute Gasteiger partial charge is 0.475 e. The number of carboxylic acid groups (broad SMARTS) is 1. The number of likely N-dealkylation sites (N-methyl/N-ethyl adjacent to an activating group) is 2. The molecule has 2 saturated heterocycles. The number of aliphatic carboxylic acids is 1. The van der Waals surface area contributed by atoms with Crippen LogP contribution in [0.15, 0.2) is 30.3 Å². The number of ether oxygens (including phenoxy) is 3. The van der Waals surface area contributed by atoms with Gasteiger partial charge < -0.3 is 39.8 Å². The molecule has 18 heteroatoms. The predicted molar refractivity (Wildman–Crippen MR) is 221 cm³/mol. The molecule has 2 aliphatic rings. The van der Waals surface area contributed by atoms with Crippen molar-refractivity contribution in [1.82, 2.24) is 25.3 Å². The summed E-state index contributed by atoms with van der Waals surface area (Å²) in [4.78, 5) is 82.8. The van der Waals surface area contributed by atoms with Crippen LogP contribution in [-0.4, -0.2) is 152 Å². The van der Waals surface area contributed by atoms with Crippen molar-refractivity contribution in [1.29, 1.82) is 0 Å². The van der Waals surface area contributed by atoms with E-state index in [9.17, 15) is 37.1 Å². The number of nitrogens with one attached hydrogen (secondary N) is 2. The lowest BCUT2D eigenvalue weighted by Gasteiger charge is -2.41. The van der Waals surface area contributed by atoms with E-state index in [2.05, 4.69) is 10.6 Å². The second-order valence-electron chi connectivity index (χ2n) is 16.7. The fourth-order valence-corrected chi connectivity index (χ4v) is 8.21. The second kappa shape index (κ2) is 23.8. The maximum absolute atomic E-state index is 14.3. The average molecular weight is 872 g/mol. The first-order valence-electron chi connectivity index (χ1n) is 20.9. The highest BCUT2D eigenvalue weighted by atomic mass is 19.4. The maximum Gasteiger partial charge on any atom is 0.490 e. The monoisotopic (exact) mass is 871 g/mol. The molecule has 4 amide bonds. The number of halogens is 3. The molecule has 1 aromatic rings. The van der Waals surface area contributed by atoms with Crippen LogP contribution in [0.2, 0.25) is 0 Å². The number of alkyl halides is 3. The third-order valence-corrected chi connectivity index (χ3v) is 12.3. The third kappa shape index (κ3) is 14.1. The van der Waals surface area contributed by atoms with Gasteiger partial charge in [-0.1, -0.05) is 71.4 Å². The van der Waals surface area contributed by atoms with E-state index in [1.165, 1.54) is 14.2 Å². The van der Waals surface area contributed by atoms with E-state index >= 15 is 0 Å². The molecule has 2 heterocycles. The Balaban J connectivity index is 0.00000168. The lowest BCUT2D eigenvalue weighted by atomic mass is 9.89. The van der Waals surface area contributed by atoms with Gasteiger partial charge in [0, 0.05) is 34.2 Å². The van der Waals surface area contributed by atoms with Crippen LogP contribution < -0.4 is 10.6 Å². The number of esters is 1. The van der Waals surface area contributed by atoms with E-state index in [0.717, 1.165) is 37.8 Å². The van der Waals surface area contributed by atoms with Gasteiger partial charge in [-0.15, -0.1) is 0 Å². The van der Waals surface area contributed by atoms with Crippen molar-refractivity contribution in [2.45, 2.75) is 135 Å². The first kappa shape index (κ1) is 52.8. The minimum Gasteiger partial charge on any atom is -0.475 e.